The first-order valence-electron chi connectivity index (χ1n) is 53.5. The van der Waals surface area contributed by atoms with Crippen molar-refractivity contribution in [1.82, 2.24) is 0 Å². The van der Waals surface area contributed by atoms with Crippen molar-refractivity contribution in [3.8, 4) is 134 Å². The molecule has 0 N–H and O–H groups in total. The highest BCUT2D eigenvalue weighted by molar-refractivity contribution is 6.09. The topological polar surface area (TPSA) is 0 Å². The van der Waals surface area contributed by atoms with Crippen LogP contribution in [-0.4, -0.2) is 0 Å². The van der Waals surface area contributed by atoms with Gasteiger partial charge in [-0.15, -0.1) is 0 Å². The number of hydrogen-bond acceptors (Lipinski definition) is 0. The van der Waals surface area contributed by atoms with Gasteiger partial charge in [-0.25, -0.2) is 0 Å². The van der Waals surface area contributed by atoms with Crippen LogP contribution in [0.5, 0.6) is 0 Å². The molecule has 0 heterocycles. The lowest BCUT2D eigenvalue weighted by molar-refractivity contribution is 0.568. The molecule has 0 radical (unpaired) electrons. The van der Waals surface area contributed by atoms with Crippen LogP contribution in [0.2, 0.25) is 0 Å². The summed E-state index contributed by atoms with van der Waals surface area (Å²) < 4.78 is 0. The summed E-state index contributed by atoms with van der Waals surface area (Å²) in [6.45, 7) is 115. The van der Waals surface area contributed by atoms with Gasteiger partial charge in [0.1, 0.15) is 0 Å². The van der Waals surface area contributed by atoms with Gasteiger partial charge in [0.15, 0.2) is 0 Å². The molecule has 0 unspecified atom stereocenters. The molecule has 0 fully saturated rings. The average molecular weight is 1890 g/mol. The first kappa shape index (κ1) is 109. The molecule has 0 saturated heterocycles. The van der Waals surface area contributed by atoms with Crippen LogP contribution in [0.15, 0.2) is 231 Å². The minimum absolute atomic E-state index is 0.168. The van der Waals surface area contributed by atoms with Crippen LogP contribution < -0.4 is 0 Å². The second kappa shape index (κ2) is 37.1. The van der Waals surface area contributed by atoms with Gasteiger partial charge in [-0.05, 0) is 346 Å². The maximum atomic E-state index is 2.80. The fourth-order valence-electron chi connectivity index (χ4n) is 19.7. The van der Waals surface area contributed by atoms with Crippen molar-refractivity contribution >= 4 is 0 Å². The first-order chi connectivity index (χ1) is 64.4. The van der Waals surface area contributed by atoms with Crippen LogP contribution in [0.25, 0.3) is 134 Å². The third-order valence-electron chi connectivity index (χ3n) is 30.3. The van der Waals surface area contributed by atoms with E-state index in [1.54, 1.807) is 0 Å². The molecule has 142 heavy (non-hydrogen) atoms. The van der Waals surface area contributed by atoms with Crippen molar-refractivity contribution in [2.75, 3.05) is 0 Å². The molecule has 0 heteroatoms. The minimum atomic E-state index is -0.218. The van der Waals surface area contributed by atoms with Gasteiger partial charge in [0, 0.05) is 0 Å². The highest BCUT2D eigenvalue weighted by atomic mass is 14.4. The van der Waals surface area contributed by atoms with Gasteiger partial charge in [0.25, 0.3) is 0 Å². The summed E-state index contributed by atoms with van der Waals surface area (Å²) >= 11 is 0. The second-order valence-corrected chi connectivity index (χ2v) is 59.4. The Morgan fingerprint density at radius 1 is 0.0915 bits per heavy atom. The van der Waals surface area contributed by atoms with Gasteiger partial charge in [0.05, 0.1) is 0 Å². The zero-order chi connectivity index (χ0) is 106. The van der Waals surface area contributed by atoms with Crippen molar-refractivity contribution in [3.63, 3.8) is 0 Å². The van der Waals surface area contributed by atoms with Crippen LogP contribution in [0.4, 0.5) is 0 Å². The quantitative estimate of drug-likeness (QED) is 0.114. The van der Waals surface area contributed by atoms with Crippen molar-refractivity contribution in [2.24, 2.45) is 0 Å². The monoisotopic (exact) mass is 1890 g/mol. The average Bonchev–Trinajstić information content (AvgIpc) is 0.718. The van der Waals surface area contributed by atoms with E-state index in [1.807, 2.05) is 0 Å². The minimum Gasteiger partial charge on any atom is -0.0610 e. The molecule has 0 saturated carbocycles. The summed E-state index contributed by atoms with van der Waals surface area (Å²) in [5, 5.41) is 0. The Labute approximate surface area is 865 Å². The third-order valence-corrected chi connectivity index (χ3v) is 30.3. The fraction of sp³-hybridized carbons (Fsp3) is 0.451. The van der Waals surface area contributed by atoms with Gasteiger partial charge >= 0.3 is 0 Å². The number of rotatable bonds is 12. The zero-order valence-corrected chi connectivity index (χ0v) is 97.9. The van der Waals surface area contributed by atoms with Crippen LogP contribution in [0.1, 0.15) is 421 Å². The molecule has 0 aromatic heterocycles. The van der Waals surface area contributed by atoms with E-state index in [-0.39, 0.29) is 86.6 Å². The van der Waals surface area contributed by atoms with Crippen molar-refractivity contribution in [3.05, 3.63) is 320 Å². The highest BCUT2D eigenvalue weighted by Crippen LogP contribution is 2.57. The fourth-order valence-corrected chi connectivity index (χ4v) is 19.7. The number of benzene rings is 13. The normalized spacial score (nSPS) is 13.6. The third kappa shape index (κ3) is 24.1. The van der Waals surface area contributed by atoms with Gasteiger partial charge in [0.2, 0.25) is 0 Å². The SMILES string of the molecule is CC(C)(C)c1cc(-c2cc(-c3cc(C(C)(C)C)cc(C(C)(C)C)c3)cc(-c3cc(-c4c(-c5cc(C(C)(C)C)cc(C(C)(C)C)c5)cccc4-c4cc(C(C)(C)C)cc(C(C)(C)C)c4)c(-c4cc(-c5cc(C(C)(C)C)cc(C(C)(C)C)c5)ccc4-c4cc(C(C)(C)C)cc(C(C)(C)C)c4)cc3-c3c(-c4cc(C(C)(C)C)cc(C(C)(C)C)c4)cccc3-c3cc(C(C)(C)C)cc(C(C)(C)C)c3)c2)cc(C(C)(C)C)c1. The molecule has 0 bridgehead atoms. The molecule has 0 amide bonds. The Bertz CT molecular complexity index is 6410. The van der Waals surface area contributed by atoms with E-state index in [4.69, 9.17) is 0 Å². The molecular formula is C142H182. The van der Waals surface area contributed by atoms with E-state index in [9.17, 15) is 0 Å². The van der Waals surface area contributed by atoms with E-state index in [1.165, 1.54) is 189 Å². The Morgan fingerprint density at radius 2 is 0.232 bits per heavy atom. The highest BCUT2D eigenvalue weighted by Gasteiger charge is 2.36. The van der Waals surface area contributed by atoms with E-state index < -0.39 is 0 Å². The molecule has 0 atom stereocenters. The summed E-state index contributed by atoms with van der Waals surface area (Å²) in [4.78, 5) is 0. The molecule has 13 rings (SSSR count). The van der Waals surface area contributed by atoms with Crippen LogP contribution in [0, 0.1) is 0 Å². The van der Waals surface area contributed by atoms with E-state index >= 15 is 0 Å². The molecule has 13 aromatic rings. The maximum Gasteiger partial charge on any atom is -0.00204 e. The standard InChI is InChI=1S/C142H182/c1-127(2,3)99-60-90(61-100(77-99)128(4,5)6)87-55-56-115(94-66-105(133(19,20)21)80-106(67-94)134(22,23)24)121(76-87)122-86-123(125-116(95-68-107(135(25,26)27)81-108(69-95)136(28,29)30)51-49-52-117(125)96-70-109(137(31,32)33)82-110(71-96)138(34,35)36)120(93-58-88(91-62-101(129(7,8)9)78-102(63-91)130(10,11)12)57-89(59-93)92-64-103(131(13,14)15)79-104(65-92)132(16,17)18)85-124(122)126-118(97-72-111(139(37,38)39)83-112(73-97)140(40,41)42)53-50-54-119(126)98-74-113(141(43,44)45)84-114(75-98)142(46,47)48/h49-86H,1-48H3. The lowest BCUT2D eigenvalue weighted by atomic mass is 9.73. The molecular weight excluding hydrogens is 1710 g/mol. The second-order valence-electron chi connectivity index (χ2n) is 59.4. The lowest BCUT2D eigenvalue weighted by Gasteiger charge is -2.30. The smallest absolute Gasteiger partial charge is 0.00204 e. The summed E-state index contributed by atoms with van der Waals surface area (Å²) in [5.41, 5.74) is 46.0. The molecule has 0 spiro atoms. The first-order valence-corrected chi connectivity index (χ1v) is 53.5. The van der Waals surface area contributed by atoms with Crippen molar-refractivity contribution in [1.29, 1.82) is 0 Å². The predicted octanol–water partition coefficient (Wildman–Crippen LogP) is 42.5. The molecule has 13 aromatic carbocycles. The Hall–Kier alpha value is -10.1. The lowest BCUT2D eigenvalue weighted by Crippen LogP contribution is -2.17. The Balaban J connectivity index is 1.48. The van der Waals surface area contributed by atoms with Crippen LogP contribution >= 0.6 is 0 Å². The van der Waals surface area contributed by atoms with Crippen LogP contribution in [0.3, 0.4) is 0 Å². The predicted molar refractivity (Wildman–Crippen MR) is 631 cm³/mol. The Kier molecular flexibility index (Phi) is 28.5. The van der Waals surface area contributed by atoms with Gasteiger partial charge < -0.3 is 0 Å². The van der Waals surface area contributed by atoms with Crippen molar-refractivity contribution < 1.29 is 0 Å². The van der Waals surface area contributed by atoms with Gasteiger partial charge in [-0.1, -0.05) is 526 Å². The van der Waals surface area contributed by atoms with Gasteiger partial charge in [-0.3, -0.25) is 0 Å². The summed E-state index contributed by atoms with van der Waals surface area (Å²) in [6.07, 6.45) is 0. The molecule has 750 valence electrons. The van der Waals surface area contributed by atoms with E-state index in [2.05, 4.69) is 563 Å². The summed E-state index contributed by atoms with van der Waals surface area (Å²) in [7, 11) is 0. The molecule has 0 nitrogen and oxygen atoms in total. The van der Waals surface area contributed by atoms with Gasteiger partial charge in [-0.2, -0.15) is 0 Å². The molecule has 0 aliphatic rings. The van der Waals surface area contributed by atoms with Crippen LogP contribution in [-0.2, 0) is 86.6 Å². The summed E-state index contributed by atoms with van der Waals surface area (Å²) in [5.74, 6) is 0. The zero-order valence-electron chi connectivity index (χ0n) is 97.9. The Morgan fingerprint density at radius 3 is 0.430 bits per heavy atom. The number of hydrogen-bond donors (Lipinski definition) is 0. The molecule has 0 aliphatic heterocycles. The maximum absolute atomic E-state index is 2.80. The van der Waals surface area contributed by atoms with Crippen molar-refractivity contribution in [2.45, 2.75) is 419 Å². The largest absolute Gasteiger partial charge is 0.0610 e. The van der Waals surface area contributed by atoms with E-state index in [0.29, 0.717) is 0 Å². The summed E-state index contributed by atoms with van der Waals surface area (Å²) in [6, 6.07) is 97.1. The van der Waals surface area contributed by atoms with E-state index in [0.717, 1.165) is 33.4 Å². The molecule has 0 aliphatic carbocycles.